The van der Waals surface area contributed by atoms with Crippen molar-refractivity contribution in [1.82, 2.24) is 14.3 Å². The van der Waals surface area contributed by atoms with Crippen molar-refractivity contribution >= 4 is 33.9 Å². The predicted octanol–water partition coefficient (Wildman–Crippen LogP) is 6.29. The van der Waals surface area contributed by atoms with Crippen LogP contribution in [0.3, 0.4) is 0 Å². The summed E-state index contributed by atoms with van der Waals surface area (Å²) in [5.41, 5.74) is 2.37. The van der Waals surface area contributed by atoms with Crippen molar-refractivity contribution in [2.75, 3.05) is 7.11 Å². The first-order valence-corrected chi connectivity index (χ1v) is 10.9. The fourth-order valence-corrected chi connectivity index (χ4v) is 3.99. The number of ether oxygens (including phenoxy) is 1. The first-order valence-electron chi connectivity index (χ1n) is 9.71. The molecule has 0 saturated carbocycles. The molecule has 1 heterocycles. The largest absolute Gasteiger partial charge is 0.497 e. The second-order valence-corrected chi connectivity index (χ2v) is 8.28. The Morgan fingerprint density at radius 2 is 1.65 bits per heavy atom. The van der Waals surface area contributed by atoms with Gasteiger partial charge in [0.05, 0.1) is 7.11 Å². The van der Waals surface area contributed by atoms with E-state index in [1.165, 1.54) is 0 Å². The normalized spacial score (nSPS) is 11.8. The Labute approximate surface area is 194 Å². The van der Waals surface area contributed by atoms with Gasteiger partial charge in [0.2, 0.25) is 4.77 Å². The van der Waals surface area contributed by atoms with E-state index in [0.717, 1.165) is 15.7 Å². The number of rotatable bonds is 6. The van der Waals surface area contributed by atoms with Gasteiger partial charge >= 0.3 is 0 Å². The summed E-state index contributed by atoms with van der Waals surface area (Å²) in [6, 6.07) is 24.1. The Morgan fingerprint density at radius 1 is 1.00 bits per heavy atom. The molecular formula is C24H20BrN3O2S. The molecule has 0 spiro atoms. The van der Waals surface area contributed by atoms with E-state index >= 15 is 0 Å². The number of para-hydroxylation sites is 1. The lowest BCUT2D eigenvalue weighted by Gasteiger charge is -2.11. The average molecular weight is 494 g/mol. The highest BCUT2D eigenvalue weighted by atomic mass is 79.9. The number of aromatic nitrogens is 3. The molecule has 7 heteroatoms. The lowest BCUT2D eigenvalue weighted by Crippen LogP contribution is -2.18. The van der Waals surface area contributed by atoms with E-state index in [1.807, 2.05) is 66.1 Å². The molecule has 1 aromatic heterocycles. The van der Waals surface area contributed by atoms with Crippen molar-refractivity contribution in [3.63, 3.8) is 0 Å². The van der Waals surface area contributed by atoms with Crippen LogP contribution in [0.2, 0.25) is 0 Å². The van der Waals surface area contributed by atoms with Crippen LogP contribution < -0.4 is 4.74 Å². The van der Waals surface area contributed by atoms with Crippen LogP contribution in [0.1, 0.15) is 23.3 Å². The molecule has 0 bridgehead atoms. The third-order valence-electron chi connectivity index (χ3n) is 5.04. The number of carbonyl (C=O) groups excluding carboxylic acids is 1. The Bertz CT molecular complexity index is 1260. The molecule has 0 radical (unpaired) electrons. The summed E-state index contributed by atoms with van der Waals surface area (Å²) in [7, 11) is 1.60. The molecule has 3 aromatic carbocycles. The smallest absolute Gasteiger partial charge is 0.203 e. The maximum absolute atomic E-state index is 13.2. The Hall–Kier alpha value is -3.03. The number of nitrogens with zero attached hydrogens (tertiary/aromatic N) is 3. The van der Waals surface area contributed by atoms with Gasteiger partial charge in [0, 0.05) is 21.3 Å². The molecule has 1 atom stereocenters. The minimum absolute atomic E-state index is 0.0705. The quantitative estimate of drug-likeness (QED) is 0.234. The highest BCUT2D eigenvalue weighted by Gasteiger charge is 2.23. The Balaban J connectivity index is 1.82. The van der Waals surface area contributed by atoms with Crippen LogP contribution in [0.4, 0.5) is 0 Å². The molecule has 1 unspecified atom stereocenters. The van der Waals surface area contributed by atoms with E-state index in [9.17, 15) is 4.79 Å². The number of Topliss-reactive ketones (excluding diaryl/α,β-unsaturated/α-hetero) is 1. The van der Waals surface area contributed by atoms with Crippen LogP contribution in [0.25, 0.3) is 17.1 Å². The second-order valence-electron chi connectivity index (χ2n) is 7.00. The van der Waals surface area contributed by atoms with Gasteiger partial charge in [-0.3, -0.25) is 9.36 Å². The van der Waals surface area contributed by atoms with Crippen molar-refractivity contribution in [3.8, 4) is 22.8 Å². The zero-order valence-electron chi connectivity index (χ0n) is 17.0. The van der Waals surface area contributed by atoms with E-state index in [-0.39, 0.29) is 5.78 Å². The van der Waals surface area contributed by atoms with Crippen LogP contribution in [0.5, 0.6) is 5.75 Å². The molecule has 0 amide bonds. The number of benzene rings is 3. The zero-order valence-corrected chi connectivity index (χ0v) is 19.4. The van der Waals surface area contributed by atoms with Gasteiger partial charge in [-0.2, -0.15) is 5.10 Å². The summed E-state index contributed by atoms with van der Waals surface area (Å²) >= 11 is 9.26. The molecule has 5 nitrogen and oxygen atoms in total. The minimum atomic E-state index is -0.569. The molecule has 0 aliphatic carbocycles. The fourth-order valence-electron chi connectivity index (χ4n) is 3.34. The fraction of sp³-hybridized carbons (Fsp3) is 0.125. The van der Waals surface area contributed by atoms with E-state index in [1.54, 1.807) is 36.1 Å². The topological polar surface area (TPSA) is 49.1 Å². The number of methoxy groups -OCH3 is 1. The van der Waals surface area contributed by atoms with Crippen molar-refractivity contribution in [3.05, 3.63) is 93.7 Å². The minimum Gasteiger partial charge on any atom is -0.497 e. The molecule has 0 aliphatic heterocycles. The molecule has 31 heavy (non-hydrogen) atoms. The number of carbonyl (C=O) groups is 1. The van der Waals surface area contributed by atoms with Gasteiger partial charge in [-0.25, -0.2) is 4.68 Å². The van der Waals surface area contributed by atoms with Crippen molar-refractivity contribution in [2.45, 2.75) is 13.0 Å². The molecule has 0 aliphatic rings. The highest BCUT2D eigenvalue weighted by Crippen LogP contribution is 2.27. The summed E-state index contributed by atoms with van der Waals surface area (Å²) < 4.78 is 10.1. The van der Waals surface area contributed by atoms with E-state index in [4.69, 9.17) is 22.1 Å². The van der Waals surface area contributed by atoms with Crippen LogP contribution in [-0.4, -0.2) is 27.2 Å². The third-order valence-corrected chi connectivity index (χ3v) is 5.94. The molecular weight excluding hydrogens is 474 g/mol. The van der Waals surface area contributed by atoms with Gasteiger partial charge in [0.25, 0.3) is 0 Å². The molecule has 4 aromatic rings. The lowest BCUT2D eigenvalue weighted by molar-refractivity contribution is 0.0927. The summed E-state index contributed by atoms with van der Waals surface area (Å²) in [6.45, 7) is 1.82. The van der Waals surface area contributed by atoms with Gasteiger partial charge in [-0.05, 0) is 67.7 Å². The molecule has 0 fully saturated rings. The molecule has 0 N–H and O–H groups in total. The molecule has 4 rings (SSSR count). The molecule has 0 saturated heterocycles. The van der Waals surface area contributed by atoms with Crippen LogP contribution >= 0.6 is 28.1 Å². The zero-order chi connectivity index (χ0) is 22.0. The summed E-state index contributed by atoms with van der Waals surface area (Å²) in [4.78, 5) is 13.2. The standard InChI is InChI=1S/C24H20BrN3O2S/c1-16(22(29)17-10-14-21(30-2)15-11-17)28-24(31)27(20-6-4-3-5-7-20)23(26-28)18-8-12-19(25)13-9-18/h3-16H,1-2H3. The van der Waals surface area contributed by atoms with Crippen molar-refractivity contribution < 1.29 is 9.53 Å². The molecule has 156 valence electrons. The first kappa shape index (κ1) is 21.2. The summed E-state index contributed by atoms with van der Waals surface area (Å²) in [5.74, 6) is 1.31. The second kappa shape index (κ2) is 8.99. The first-order chi connectivity index (χ1) is 15.0. The van der Waals surface area contributed by atoms with Gasteiger partial charge < -0.3 is 4.74 Å². The van der Waals surface area contributed by atoms with E-state index in [2.05, 4.69) is 15.9 Å². The van der Waals surface area contributed by atoms with Crippen LogP contribution in [0.15, 0.2) is 83.3 Å². The SMILES string of the molecule is COc1ccc(C(=O)C(C)n2nc(-c3ccc(Br)cc3)n(-c3ccccc3)c2=S)cc1. The number of hydrogen-bond acceptors (Lipinski definition) is 4. The maximum atomic E-state index is 13.2. The summed E-state index contributed by atoms with van der Waals surface area (Å²) in [6.07, 6.45) is 0. The monoisotopic (exact) mass is 493 g/mol. The lowest BCUT2D eigenvalue weighted by atomic mass is 10.1. The van der Waals surface area contributed by atoms with Gasteiger partial charge in [-0.15, -0.1) is 0 Å². The predicted molar refractivity (Wildman–Crippen MR) is 128 cm³/mol. The van der Waals surface area contributed by atoms with Crippen LogP contribution in [-0.2, 0) is 0 Å². The maximum Gasteiger partial charge on any atom is 0.203 e. The van der Waals surface area contributed by atoms with Crippen LogP contribution in [0, 0.1) is 4.77 Å². The van der Waals surface area contributed by atoms with Crippen molar-refractivity contribution in [2.24, 2.45) is 0 Å². The van der Waals surface area contributed by atoms with E-state index in [0.29, 0.717) is 21.9 Å². The van der Waals surface area contributed by atoms with E-state index < -0.39 is 6.04 Å². The number of halogens is 1. The summed E-state index contributed by atoms with van der Waals surface area (Å²) in [5, 5.41) is 4.78. The third kappa shape index (κ3) is 4.24. The Kier molecular flexibility index (Phi) is 6.15. The van der Waals surface area contributed by atoms with Gasteiger partial charge in [0.1, 0.15) is 11.8 Å². The Morgan fingerprint density at radius 3 is 2.26 bits per heavy atom. The average Bonchev–Trinajstić information content (AvgIpc) is 3.16. The van der Waals surface area contributed by atoms with Gasteiger partial charge in [-0.1, -0.05) is 46.3 Å². The number of hydrogen-bond donors (Lipinski definition) is 0. The van der Waals surface area contributed by atoms with Crippen molar-refractivity contribution in [1.29, 1.82) is 0 Å². The number of ketones is 1. The highest BCUT2D eigenvalue weighted by molar-refractivity contribution is 9.10. The van der Waals surface area contributed by atoms with Gasteiger partial charge in [0.15, 0.2) is 11.6 Å².